The Morgan fingerprint density at radius 2 is 2.04 bits per heavy atom. The van der Waals surface area contributed by atoms with E-state index >= 15 is 0 Å². The number of nitrogens with one attached hydrogen (secondary N) is 1. The van der Waals surface area contributed by atoms with Crippen LogP contribution in [0.5, 0.6) is 5.75 Å². The van der Waals surface area contributed by atoms with Crippen molar-refractivity contribution < 1.29 is 17.9 Å². The zero-order chi connectivity index (χ0) is 17.7. The summed E-state index contributed by atoms with van der Waals surface area (Å²) in [6.45, 7) is 3.94. The minimum Gasteiger partial charge on any atom is -0.491 e. The number of hydrogen-bond donors (Lipinski definition) is 2. The highest BCUT2D eigenvalue weighted by Gasteiger charge is 2.14. The molecule has 1 aromatic heterocycles. The highest BCUT2D eigenvalue weighted by atomic mass is 32.2. The topological polar surface area (TPSA) is 111 Å². The molecule has 2 rings (SSSR count). The minimum absolute atomic E-state index is 0.0808. The molecule has 7 nitrogen and oxygen atoms in total. The van der Waals surface area contributed by atoms with Crippen LogP contribution in [0.3, 0.4) is 0 Å². The molecule has 24 heavy (non-hydrogen) atoms. The highest BCUT2D eigenvalue weighted by Crippen LogP contribution is 2.25. The Hall–Kier alpha value is -2.45. The number of carbonyl (C=O) groups is 1. The molecule has 0 saturated heterocycles. The largest absolute Gasteiger partial charge is 0.491 e. The van der Waals surface area contributed by atoms with Gasteiger partial charge in [-0.25, -0.2) is 13.6 Å². The summed E-state index contributed by atoms with van der Waals surface area (Å²) in [7, 11) is -3.76. The van der Waals surface area contributed by atoms with Gasteiger partial charge in [0.15, 0.2) is 0 Å². The second kappa shape index (κ2) is 7.41. The molecule has 2 aromatic rings. The third-order valence-corrected chi connectivity index (χ3v) is 4.40. The number of primary sulfonamides is 1. The summed E-state index contributed by atoms with van der Waals surface area (Å²) >= 11 is 0. The first-order chi connectivity index (χ1) is 11.3. The van der Waals surface area contributed by atoms with Crippen LogP contribution in [0.2, 0.25) is 0 Å². The number of carbonyl (C=O) groups excluding carboxylic acids is 1. The standard InChI is InChI=1S/C16H19N3O4S/c1-11-9-15(24(17,21)22)12(2)8-14(11)23-7-6-19-16(20)13-4-3-5-18-10-13/h3-5,8-10H,6-7H2,1-2H3,(H,19,20)(H2,17,21,22). The molecule has 0 aliphatic rings. The van der Waals surface area contributed by atoms with Gasteiger partial charge in [-0.05, 0) is 49.2 Å². The van der Waals surface area contributed by atoms with E-state index in [4.69, 9.17) is 9.88 Å². The molecule has 0 aliphatic heterocycles. The number of sulfonamides is 1. The van der Waals surface area contributed by atoms with Gasteiger partial charge in [0.25, 0.3) is 5.91 Å². The van der Waals surface area contributed by atoms with Crippen LogP contribution in [0.4, 0.5) is 0 Å². The molecule has 0 bridgehead atoms. The van der Waals surface area contributed by atoms with Crippen LogP contribution in [-0.2, 0) is 10.0 Å². The molecule has 1 amide bonds. The Labute approximate surface area is 140 Å². The van der Waals surface area contributed by atoms with Crippen molar-refractivity contribution in [1.82, 2.24) is 10.3 Å². The maximum Gasteiger partial charge on any atom is 0.252 e. The van der Waals surface area contributed by atoms with Gasteiger partial charge in [-0.1, -0.05) is 0 Å². The van der Waals surface area contributed by atoms with Crippen LogP contribution in [0.25, 0.3) is 0 Å². The van der Waals surface area contributed by atoms with Gasteiger partial charge in [0.05, 0.1) is 17.0 Å². The monoisotopic (exact) mass is 349 g/mol. The predicted molar refractivity (Wildman–Crippen MR) is 89.4 cm³/mol. The molecule has 0 unspecified atom stereocenters. The predicted octanol–water partition coefficient (Wildman–Crippen LogP) is 1.15. The Morgan fingerprint density at radius 3 is 2.67 bits per heavy atom. The molecule has 0 fully saturated rings. The Kier molecular flexibility index (Phi) is 5.53. The number of benzene rings is 1. The smallest absolute Gasteiger partial charge is 0.252 e. The first-order valence-electron chi connectivity index (χ1n) is 7.24. The molecule has 0 radical (unpaired) electrons. The van der Waals surface area contributed by atoms with Crippen LogP contribution in [0, 0.1) is 13.8 Å². The van der Waals surface area contributed by atoms with E-state index in [0.717, 1.165) is 0 Å². The third-order valence-electron chi connectivity index (χ3n) is 3.35. The van der Waals surface area contributed by atoms with Crippen LogP contribution in [0.15, 0.2) is 41.6 Å². The molecule has 1 aromatic carbocycles. The lowest BCUT2D eigenvalue weighted by Crippen LogP contribution is -2.28. The Morgan fingerprint density at radius 1 is 1.29 bits per heavy atom. The first-order valence-corrected chi connectivity index (χ1v) is 8.79. The van der Waals surface area contributed by atoms with Crippen molar-refractivity contribution in [1.29, 1.82) is 0 Å². The maximum atomic E-state index is 11.8. The fourth-order valence-electron chi connectivity index (χ4n) is 2.15. The van der Waals surface area contributed by atoms with E-state index in [1.165, 1.54) is 12.3 Å². The normalized spacial score (nSPS) is 11.1. The van der Waals surface area contributed by atoms with Crippen LogP contribution >= 0.6 is 0 Å². The summed E-state index contributed by atoms with van der Waals surface area (Å²) in [5.41, 5.74) is 1.64. The minimum atomic E-state index is -3.76. The van der Waals surface area contributed by atoms with Gasteiger partial charge in [-0.3, -0.25) is 9.78 Å². The molecule has 0 spiro atoms. The average molecular weight is 349 g/mol. The van der Waals surface area contributed by atoms with Crippen molar-refractivity contribution in [3.8, 4) is 5.75 Å². The van der Waals surface area contributed by atoms with Gasteiger partial charge in [-0.15, -0.1) is 0 Å². The lowest BCUT2D eigenvalue weighted by atomic mass is 10.1. The van der Waals surface area contributed by atoms with E-state index < -0.39 is 10.0 Å². The number of hydrogen-bond acceptors (Lipinski definition) is 5. The number of aromatic nitrogens is 1. The summed E-state index contributed by atoms with van der Waals surface area (Å²) in [6.07, 6.45) is 3.08. The number of pyridine rings is 1. The lowest BCUT2D eigenvalue weighted by Gasteiger charge is -2.13. The molecular formula is C16H19N3O4S. The molecule has 0 aliphatic carbocycles. The van der Waals surface area contributed by atoms with Gasteiger partial charge >= 0.3 is 0 Å². The Balaban J connectivity index is 1.93. The number of ether oxygens (including phenoxy) is 1. The van der Waals surface area contributed by atoms with E-state index in [9.17, 15) is 13.2 Å². The van der Waals surface area contributed by atoms with E-state index in [-0.39, 0.29) is 17.4 Å². The lowest BCUT2D eigenvalue weighted by molar-refractivity contribution is 0.0946. The number of amides is 1. The zero-order valence-electron chi connectivity index (χ0n) is 13.4. The molecule has 3 N–H and O–H groups in total. The molecule has 0 atom stereocenters. The summed E-state index contributed by atoms with van der Waals surface area (Å²) in [5.74, 6) is 0.319. The molecule has 1 heterocycles. The number of rotatable bonds is 6. The van der Waals surface area contributed by atoms with Crippen LogP contribution < -0.4 is 15.2 Å². The van der Waals surface area contributed by atoms with Gasteiger partial charge in [0, 0.05) is 12.4 Å². The van der Waals surface area contributed by atoms with Gasteiger partial charge in [0.2, 0.25) is 10.0 Å². The van der Waals surface area contributed by atoms with Crippen molar-refractivity contribution in [2.45, 2.75) is 18.7 Å². The molecule has 8 heteroatoms. The summed E-state index contributed by atoms with van der Waals surface area (Å²) in [5, 5.41) is 7.88. The second-order valence-electron chi connectivity index (χ2n) is 5.27. The zero-order valence-corrected chi connectivity index (χ0v) is 14.3. The fourth-order valence-corrected chi connectivity index (χ4v) is 3.00. The maximum absolute atomic E-state index is 11.8. The van der Waals surface area contributed by atoms with Gasteiger partial charge in [0.1, 0.15) is 12.4 Å². The quantitative estimate of drug-likeness (QED) is 0.760. The van der Waals surface area contributed by atoms with E-state index in [1.807, 2.05) is 0 Å². The average Bonchev–Trinajstić information content (AvgIpc) is 2.53. The summed E-state index contributed by atoms with van der Waals surface area (Å²) < 4.78 is 28.5. The molecule has 0 saturated carbocycles. The van der Waals surface area contributed by atoms with E-state index in [2.05, 4.69) is 10.3 Å². The van der Waals surface area contributed by atoms with Crippen molar-refractivity contribution in [2.24, 2.45) is 5.14 Å². The van der Waals surface area contributed by atoms with Crippen molar-refractivity contribution in [2.75, 3.05) is 13.2 Å². The van der Waals surface area contributed by atoms with Crippen LogP contribution in [-0.4, -0.2) is 32.5 Å². The summed E-state index contributed by atoms with van der Waals surface area (Å²) in [6, 6.07) is 6.46. The van der Waals surface area contributed by atoms with E-state index in [0.29, 0.717) is 29.0 Å². The van der Waals surface area contributed by atoms with Gasteiger partial charge in [-0.2, -0.15) is 0 Å². The van der Waals surface area contributed by atoms with Crippen molar-refractivity contribution in [3.63, 3.8) is 0 Å². The van der Waals surface area contributed by atoms with Crippen LogP contribution in [0.1, 0.15) is 21.5 Å². The third kappa shape index (κ3) is 4.53. The summed E-state index contributed by atoms with van der Waals surface area (Å²) in [4.78, 5) is 15.8. The van der Waals surface area contributed by atoms with Crippen molar-refractivity contribution in [3.05, 3.63) is 53.3 Å². The SMILES string of the molecule is Cc1cc(S(N)(=O)=O)c(C)cc1OCCNC(=O)c1cccnc1. The highest BCUT2D eigenvalue weighted by molar-refractivity contribution is 7.89. The first kappa shape index (κ1) is 17.9. The number of nitrogens with zero attached hydrogens (tertiary/aromatic N) is 1. The second-order valence-corrected chi connectivity index (χ2v) is 6.80. The van der Waals surface area contributed by atoms with Gasteiger partial charge < -0.3 is 10.1 Å². The molecule has 128 valence electrons. The van der Waals surface area contributed by atoms with Crippen molar-refractivity contribution >= 4 is 15.9 Å². The van der Waals surface area contributed by atoms with E-state index in [1.54, 1.807) is 38.2 Å². The number of nitrogens with two attached hydrogens (primary N) is 1. The number of aryl methyl sites for hydroxylation is 2. The Bertz CT molecular complexity index is 836. The molecular weight excluding hydrogens is 330 g/mol. The fraction of sp³-hybridized carbons (Fsp3) is 0.250.